The third-order valence-corrected chi connectivity index (χ3v) is 4.34. The van der Waals surface area contributed by atoms with Crippen molar-refractivity contribution in [2.24, 2.45) is 7.05 Å². The van der Waals surface area contributed by atoms with Gasteiger partial charge >= 0.3 is 0 Å². The zero-order valence-electron chi connectivity index (χ0n) is 12.6. The van der Waals surface area contributed by atoms with Crippen LogP contribution in [-0.2, 0) is 7.05 Å². The number of rotatable bonds is 1. The molecule has 0 fully saturated rings. The number of hydrogen-bond donors (Lipinski definition) is 0. The van der Waals surface area contributed by atoms with Crippen LogP contribution < -0.4 is 0 Å². The number of hydrogen-bond acceptors (Lipinski definition) is 0. The molecule has 0 aliphatic heterocycles. The lowest BCUT2D eigenvalue weighted by Gasteiger charge is -2.12. The Morgan fingerprint density at radius 1 is 0.762 bits per heavy atom. The SMILES string of the molecule is Cc1ccn(C)c1-n1c2ccccc2c2cccc(C)c21. The third-order valence-electron chi connectivity index (χ3n) is 4.34. The highest BCUT2D eigenvalue weighted by atomic mass is 15.1. The number of aromatic nitrogens is 2. The van der Waals surface area contributed by atoms with Crippen molar-refractivity contribution in [1.82, 2.24) is 9.13 Å². The Bertz CT molecular complexity index is 950. The second kappa shape index (κ2) is 4.26. The van der Waals surface area contributed by atoms with Crippen molar-refractivity contribution in [3.8, 4) is 5.82 Å². The van der Waals surface area contributed by atoms with E-state index in [-0.39, 0.29) is 0 Å². The van der Waals surface area contributed by atoms with Crippen molar-refractivity contribution in [2.45, 2.75) is 13.8 Å². The molecule has 104 valence electrons. The normalized spacial score (nSPS) is 11.6. The lowest BCUT2D eigenvalue weighted by molar-refractivity contribution is 0.864. The van der Waals surface area contributed by atoms with Crippen molar-refractivity contribution >= 4 is 21.8 Å². The Labute approximate surface area is 124 Å². The van der Waals surface area contributed by atoms with E-state index < -0.39 is 0 Å². The number of nitrogens with zero attached hydrogens (tertiary/aromatic N) is 2. The first-order valence-corrected chi connectivity index (χ1v) is 7.29. The fraction of sp³-hybridized carbons (Fsp3) is 0.158. The molecule has 0 amide bonds. The van der Waals surface area contributed by atoms with Crippen molar-refractivity contribution in [1.29, 1.82) is 0 Å². The molecule has 0 saturated carbocycles. The van der Waals surface area contributed by atoms with Crippen LogP contribution in [0.25, 0.3) is 27.6 Å². The largest absolute Gasteiger partial charge is 0.337 e. The molecular weight excluding hydrogens is 256 g/mol. The molecule has 4 rings (SSSR count). The van der Waals surface area contributed by atoms with Crippen LogP contribution in [0.15, 0.2) is 54.7 Å². The first kappa shape index (κ1) is 12.3. The molecule has 2 heterocycles. The summed E-state index contributed by atoms with van der Waals surface area (Å²) in [6.07, 6.45) is 2.13. The molecule has 2 heteroatoms. The second-order valence-corrected chi connectivity index (χ2v) is 5.76. The standard InChI is InChI=1S/C19H18N2/c1-13-7-6-9-16-15-8-4-5-10-17(15)21(18(13)16)19-14(2)11-12-20(19)3/h4-12H,1-3H3. The molecule has 2 aromatic heterocycles. The Morgan fingerprint density at radius 2 is 1.52 bits per heavy atom. The van der Waals surface area contributed by atoms with Crippen LogP contribution in [0, 0.1) is 13.8 Å². The van der Waals surface area contributed by atoms with E-state index in [0.717, 1.165) is 0 Å². The summed E-state index contributed by atoms with van der Waals surface area (Å²) in [5, 5.41) is 2.64. The first-order valence-electron chi connectivity index (χ1n) is 7.29. The quantitative estimate of drug-likeness (QED) is 0.474. The summed E-state index contributed by atoms with van der Waals surface area (Å²) in [5.74, 6) is 1.25. The van der Waals surface area contributed by atoms with Gasteiger partial charge in [-0.1, -0.05) is 36.4 Å². The Balaban J connectivity index is 2.31. The van der Waals surface area contributed by atoms with Gasteiger partial charge in [-0.2, -0.15) is 0 Å². The number of aryl methyl sites for hydroxylation is 3. The highest BCUT2D eigenvalue weighted by Crippen LogP contribution is 2.34. The van der Waals surface area contributed by atoms with Crippen LogP contribution in [0.2, 0.25) is 0 Å². The van der Waals surface area contributed by atoms with Crippen LogP contribution in [0.4, 0.5) is 0 Å². The van der Waals surface area contributed by atoms with Gasteiger partial charge in [0, 0.05) is 24.0 Å². The summed E-state index contributed by atoms with van der Waals surface area (Å²) in [4.78, 5) is 0. The van der Waals surface area contributed by atoms with Crippen molar-refractivity contribution in [2.75, 3.05) is 0 Å². The van der Waals surface area contributed by atoms with Crippen molar-refractivity contribution < 1.29 is 0 Å². The van der Waals surface area contributed by atoms with Gasteiger partial charge in [0.05, 0.1) is 11.0 Å². The van der Waals surface area contributed by atoms with Gasteiger partial charge in [-0.05, 0) is 37.1 Å². The molecule has 21 heavy (non-hydrogen) atoms. The Kier molecular flexibility index (Phi) is 2.49. The van der Waals surface area contributed by atoms with Gasteiger partial charge in [0.15, 0.2) is 0 Å². The Morgan fingerprint density at radius 3 is 2.29 bits per heavy atom. The average molecular weight is 274 g/mol. The smallest absolute Gasteiger partial charge is 0.120 e. The molecule has 0 spiro atoms. The van der Waals surface area contributed by atoms with Gasteiger partial charge in [-0.3, -0.25) is 4.57 Å². The number of fused-ring (bicyclic) bond motifs is 3. The van der Waals surface area contributed by atoms with Gasteiger partial charge in [0.2, 0.25) is 0 Å². The van der Waals surface area contributed by atoms with Crippen molar-refractivity contribution in [3.05, 3.63) is 65.9 Å². The molecule has 0 aliphatic rings. The number of benzene rings is 2. The predicted octanol–water partition coefficient (Wildman–Crippen LogP) is 4.74. The molecule has 2 nitrogen and oxygen atoms in total. The van der Waals surface area contributed by atoms with Crippen LogP contribution in [0.1, 0.15) is 11.1 Å². The van der Waals surface area contributed by atoms with Crippen LogP contribution in [0.3, 0.4) is 0 Å². The Hall–Kier alpha value is -2.48. The van der Waals surface area contributed by atoms with Crippen LogP contribution >= 0.6 is 0 Å². The molecule has 0 bridgehead atoms. The lowest BCUT2D eigenvalue weighted by atomic mass is 10.1. The van der Waals surface area contributed by atoms with E-state index in [1.807, 2.05) is 0 Å². The zero-order valence-corrected chi connectivity index (χ0v) is 12.6. The summed E-state index contributed by atoms with van der Waals surface area (Å²) < 4.78 is 4.60. The van der Waals surface area contributed by atoms with E-state index in [1.165, 1.54) is 38.8 Å². The van der Waals surface area contributed by atoms with Gasteiger partial charge < -0.3 is 4.57 Å². The highest BCUT2D eigenvalue weighted by Gasteiger charge is 2.16. The fourth-order valence-electron chi connectivity index (χ4n) is 3.39. The molecule has 0 unspecified atom stereocenters. The number of para-hydroxylation sites is 2. The van der Waals surface area contributed by atoms with Crippen LogP contribution in [0.5, 0.6) is 0 Å². The van der Waals surface area contributed by atoms with Gasteiger partial charge in [0.1, 0.15) is 5.82 Å². The second-order valence-electron chi connectivity index (χ2n) is 5.76. The maximum absolute atomic E-state index is 2.40. The molecule has 0 N–H and O–H groups in total. The summed E-state index contributed by atoms with van der Waals surface area (Å²) in [7, 11) is 2.11. The topological polar surface area (TPSA) is 9.86 Å². The molecule has 0 aliphatic carbocycles. The van der Waals surface area contributed by atoms with E-state index in [9.17, 15) is 0 Å². The molecular formula is C19H18N2. The minimum Gasteiger partial charge on any atom is -0.337 e. The first-order chi connectivity index (χ1) is 10.2. The van der Waals surface area contributed by atoms with Crippen LogP contribution in [-0.4, -0.2) is 9.13 Å². The molecule has 0 radical (unpaired) electrons. The fourth-order valence-corrected chi connectivity index (χ4v) is 3.39. The maximum Gasteiger partial charge on any atom is 0.120 e. The van der Waals surface area contributed by atoms with Crippen molar-refractivity contribution in [3.63, 3.8) is 0 Å². The van der Waals surface area contributed by atoms with E-state index in [0.29, 0.717) is 0 Å². The molecule has 0 saturated heterocycles. The predicted molar refractivity (Wildman–Crippen MR) is 89.2 cm³/mol. The summed E-state index contributed by atoms with van der Waals surface area (Å²) in [5.41, 5.74) is 5.18. The van der Waals surface area contributed by atoms with Gasteiger partial charge in [-0.25, -0.2) is 0 Å². The van der Waals surface area contributed by atoms with Gasteiger partial charge in [-0.15, -0.1) is 0 Å². The minimum absolute atomic E-state index is 1.25. The summed E-state index contributed by atoms with van der Waals surface area (Å²) in [6, 6.07) is 17.4. The summed E-state index contributed by atoms with van der Waals surface area (Å²) >= 11 is 0. The lowest BCUT2D eigenvalue weighted by Crippen LogP contribution is -2.03. The third kappa shape index (κ3) is 1.59. The van der Waals surface area contributed by atoms with E-state index in [2.05, 4.69) is 84.8 Å². The zero-order chi connectivity index (χ0) is 14.6. The van der Waals surface area contributed by atoms with E-state index in [1.54, 1.807) is 0 Å². The highest BCUT2D eigenvalue weighted by molar-refractivity contribution is 6.10. The van der Waals surface area contributed by atoms with E-state index in [4.69, 9.17) is 0 Å². The molecule has 4 aromatic rings. The summed E-state index contributed by atoms with van der Waals surface area (Å²) in [6.45, 7) is 4.37. The maximum atomic E-state index is 2.40. The molecule has 0 atom stereocenters. The monoisotopic (exact) mass is 274 g/mol. The molecule has 2 aromatic carbocycles. The van der Waals surface area contributed by atoms with E-state index >= 15 is 0 Å². The average Bonchev–Trinajstić information content (AvgIpc) is 2.98. The minimum atomic E-state index is 1.25. The van der Waals surface area contributed by atoms with Gasteiger partial charge in [0.25, 0.3) is 0 Å².